The second-order valence-electron chi connectivity index (χ2n) is 12.7. The molecule has 0 heterocycles. The average Bonchev–Trinajstić information content (AvgIpc) is 3.11. The van der Waals surface area contributed by atoms with E-state index in [4.69, 9.17) is 9.47 Å². The quantitative estimate of drug-likeness (QED) is 0.0523. The molecule has 1 N–H and O–H groups in total. The smallest absolute Gasteiger partial charge is 0.460 e. The Morgan fingerprint density at radius 2 is 1.13 bits per heavy atom. The van der Waals surface area contributed by atoms with Crippen molar-refractivity contribution in [3.8, 4) is 16.9 Å². The van der Waals surface area contributed by atoms with Gasteiger partial charge in [0, 0.05) is 12.3 Å². The minimum Gasteiger partial charge on any atom is -0.494 e. The fraction of sp³-hybridized carbons (Fsp3) is 0.629. The van der Waals surface area contributed by atoms with E-state index in [9.17, 15) is 75.8 Å². The van der Waals surface area contributed by atoms with Crippen molar-refractivity contribution in [3.05, 3.63) is 54.6 Å². The molecule has 0 aliphatic rings. The van der Waals surface area contributed by atoms with Crippen LogP contribution in [0.15, 0.2) is 54.6 Å². The van der Waals surface area contributed by atoms with Crippen LogP contribution in [0.5, 0.6) is 5.75 Å². The van der Waals surface area contributed by atoms with Gasteiger partial charge in [-0.15, -0.1) is 0 Å². The van der Waals surface area contributed by atoms with Gasteiger partial charge in [0.2, 0.25) is 0 Å². The predicted octanol–water partition coefficient (Wildman–Crippen LogP) is 11.0. The number of halogens is 15. The SMILES string of the molecule is CCC(CC(C)C(O)OCCC(F)(F)C(F)(F)C(F)(F)C(F)(F)C(F)(F)C(F)(F)C(F)(F)F)C(=O)OCCCCCCOc1ccc(-c2ccccc2)cc1. The van der Waals surface area contributed by atoms with Crippen molar-refractivity contribution in [3.63, 3.8) is 0 Å². The summed E-state index contributed by atoms with van der Waals surface area (Å²) in [5.41, 5.74) is 2.10. The van der Waals surface area contributed by atoms with E-state index in [-0.39, 0.29) is 19.4 Å². The number of aliphatic hydroxyl groups excluding tert-OH is 1. The van der Waals surface area contributed by atoms with Crippen molar-refractivity contribution in [2.45, 2.75) is 107 Å². The molecule has 2 rings (SSSR count). The van der Waals surface area contributed by atoms with E-state index < -0.39 is 78.8 Å². The molecule has 5 nitrogen and oxygen atoms in total. The summed E-state index contributed by atoms with van der Waals surface area (Å²) in [7, 11) is 0. The summed E-state index contributed by atoms with van der Waals surface area (Å²) in [6, 6.07) is 17.3. The average molecular weight is 825 g/mol. The fourth-order valence-corrected chi connectivity index (χ4v) is 5.04. The first-order chi connectivity index (χ1) is 25.2. The number of carbonyl (C=O) groups is 1. The Balaban J connectivity index is 1.79. The zero-order valence-electron chi connectivity index (χ0n) is 29.2. The van der Waals surface area contributed by atoms with Crippen LogP contribution in [0.2, 0.25) is 0 Å². The number of rotatable bonds is 23. The second kappa shape index (κ2) is 18.7. The maximum Gasteiger partial charge on any atom is 0.460 e. The molecule has 0 fully saturated rings. The molecular formula is C35H39F15O5. The fourth-order valence-electron chi connectivity index (χ4n) is 5.04. The maximum atomic E-state index is 14.1. The summed E-state index contributed by atoms with van der Waals surface area (Å²) in [4.78, 5) is 12.5. The number of unbranched alkanes of at least 4 members (excludes halogenated alkanes) is 3. The van der Waals surface area contributed by atoms with Crippen LogP contribution in [0.1, 0.15) is 58.8 Å². The third-order valence-electron chi connectivity index (χ3n) is 8.58. The number of ether oxygens (including phenoxy) is 3. The summed E-state index contributed by atoms with van der Waals surface area (Å²) >= 11 is 0. The highest BCUT2D eigenvalue weighted by atomic mass is 19.4. The largest absolute Gasteiger partial charge is 0.494 e. The molecule has 2 aromatic carbocycles. The minimum absolute atomic E-state index is 0.0112. The van der Waals surface area contributed by atoms with Crippen molar-refractivity contribution in [1.29, 1.82) is 0 Å². The summed E-state index contributed by atoms with van der Waals surface area (Å²) in [5.74, 6) is -49.2. The van der Waals surface area contributed by atoms with Crippen LogP contribution in [-0.2, 0) is 14.3 Å². The molecule has 314 valence electrons. The second-order valence-corrected chi connectivity index (χ2v) is 12.7. The Morgan fingerprint density at radius 1 is 0.636 bits per heavy atom. The van der Waals surface area contributed by atoms with E-state index in [0.29, 0.717) is 31.6 Å². The maximum absolute atomic E-state index is 14.1. The summed E-state index contributed by atoms with van der Waals surface area (Å²) in [6.07, 6.45) is -10.2. The van der Waals surface area contributed by atoms with Crippen LogP contribution < -0.4 is 4.74 Å². The zero-order valence-corrected chi connectivity index (χ0v) is 29.2. The standard InChI is InChI=1S/C35H39F15O5/c1-3-23(28(52)54-19-10-5-4-9-18-53-26-15-13-25(14-16-26)24-11-7-6-8-12-24)21-22(2)27(51)55-20-17-29(36,37)30(38,39)31(40,41)32(42,43)33(44,45)34(46,47)35(48,49)50/h6-8,11-16,22-23,27,51H,3-5,9-10,17-21H2,1-2H3. The number of alkyl halides is 15. The van der Waals surface area contributed by atoms with Gasteiger partial charge < -0.3 is 19.3 Å². The van der Waals surface area contributed by atoms with Gasteiger partial charge in [0.05, 0.1) is 25.7 Å². The third kappa shape index (κ3) is 10.9. The van der Waals surface area contributed by atoms with Gasteiger partial charge in [-0.1, -0.05) is 56.3 Å². The lowest BCUT2D eigenvalue weighted by Gasteiger charge is -2.41. The van der Waals surface area contributed by atoms with Crippen LogP contribution in [0.3, 0.4) is 0 Å². The van der Waals surface area contributed by atoms with Crippen LogP contribution in [0, 0.1) is 11.8 Å². The molecule has 0 bridgehead atoms. The molecule has 0 aromatic heterocycles. The van der Waals surface area contributed by atoms with Gasteiger partial charge in [0.1, 0.15) is 5.75 Å². The first kappa shape index (κ1) is 47.7. The van der Waals surface area contributed by atoms with E-state index in [1.807, 2.05) is 54.6 Å². The molecule has 55 heavy (non-hydrogen) atoms. The van der Waals surface area contributed by atoms with Crippen LogP contribution >= 0.6 is 0 Å². The molecule has 0 aliphatic carbocycles. The number of carbonyl (C=O) groups excluding carboxylic acids is 1. The zero-order chi connectivity index (χ0) is 42.1. The Bertz CT molecular complexity index is 1470. The van der Waals surface area contributed by atoms with Gasteiger partial charge in [0.15, 0.2) is 6.29 Å². The van der Waals surface area contributed by atoms with Crippen molar-refractivity contribution >= 4 is 5.97 Å². The van der Waals surface area contributed by atoms with E-state index >= 15 is 0 Å². The van der Waals surface area contributed by atoms with Gasteiger partial charge in [-0.05, 0) is 61.8 Å². The highest BCUT2D eigenvalue weighted by Crippen LogP contribution is 2.62. The Morgan fingerprint density at radius 3 is 1.65 bits per heavy atom. The van der Waals surface area contributed by atoms with Gasteiger partial charge in [-0.3, -0.25) is 4.79 Å². The highest BCUT2D eigenvalue weighted by Gasteiger charge is 2.93. The first-order valence-corrected chi connectivity index (χ1v) is 16.8. The number of hydrogen-bond donors (Lipinski definition) is 1. The number of esters is 1. The molecule has 0 radical (unpaired) electrons. The van der Waals surface area contributed by atoms with Crippen molar-refractivity contribution in [1.82, 2.24) is 0 Å². The van der Waals surface area contributed by atoms with Crippen molar-refractivity contribution in [2.75, 3.05) is 19.8 Å². The first-order valence-electron chi connectivity index (χ1n) is 16.8. The van der Waals surface area contributed by atoms with Crippen molar-refractivity contribution in [2.24, 2.45) is 11.8 Å². The summed E-state index contributed by atoms with van der Waals surface area (Å²) in [5, 5.41) is 10.1. The molecule has 20 heteroatoms. The molecule has 3 atom stereocenters. The third-order valence-corrected chi connectivity index (χ3v) is 8.58. The minimum atomic E-state index is -8.38. The molecule has 0 saturated heterocycles. The number of benzene rings is 2. The molecule has 0 spiro atoms. The Kier molecular flexibility index (Phi) is 16.2. The molecule has 0 saturated carbocycles. The molecule has 2 aromatic rings. The lowest BCUT2D eigenvalue weighted by Crippen LogP contribution is -2.72. The van der Waals surface area contributed by atoms with E-state index in [0.717, 1.165) is 17.5 Å². The predicted molar refractivity (Wildman–Crippen MR) is 167 cm³/mol. The van der Waals surface area contributed by atoms with Crippen LogP contribution in [-0.4, -0.2) is 78.9 Å². The van der Waals surface area contributed by atoms with Crippen LogP contribution in [0.4, 0.5) is 65.9 Å². The summed E-state index contributed by atoms with van der Waals surface area (Å²) < 4.78 is 216. The lowest BCUT2D eigenvalue weighted by molar-refractivity contribution is -0.452. The molecule has 0 amide bonds. The normalized spacial score (nSPS) is 15.4. The lowest BCUT2D eigenvalue weighted by atomic mass is 9.90. The number of hydrogen-bond acceptors (Lipinski definition) is 5. The highest BCUT2D eigenvalue weighted by molar-refractivity contribution is 5.72. The Labute approximate surface area is 306 Å². The topological polar surface area (TPSA) is 65.0 Å². The van der Waals surface area contributed by atoms with Gasteiger partial charge in [-0.2, -0.15) is 65.9 Å². The molecule has 3 unspecified atom stereocenters. The van der Waals surface area contributed by atoms with E-state index in [1.165, 1.54) is 13.8 Å². The van der Waals surface area contributed by atoms with E-state index in [2.05, 4.69) is 4.74 Å². The van der Waals surface area contributed by atoms with Crippen molar-refractivity contribution < 1.29 is 90.0 Å². The molecule has 0 aliphatic heterocycles. The monoisotopic (exact) mass is 824 g/mol. The summed E-state index contributed by atoms with van der Waals surface area (Å²) in [6.45, 7) is 1.30. The van der Waals surface area contributed by atoms with Gasteiger partial charge in [0.25, 0.3) is 0 Å². The van der Waals surface area contributed by atoms with Gasteiger partial charge >= 0.3 is 47.7 Å². The number of aliphatic hydroxyl groups is 1. The van der Waals surface area contributed by atoms with Gasteiger partial charge in [-0.25, -0.2) is 0 Å². The molecular weight excluding hydrogens is 785 g/mol. The van der Waals surface area contributed by atoms with E-state index in [1.54, 1.807) is 0 Å². The Hall–Kier alpha value is -3.42. The van der Waals surface area contributed by atoms with Crippen LogP contribution in [0.25, 0.3) is 11.1 Å².